The SMILES string of the molecule is CC(C)(C)CNCC1(O)CCOC1. The predicted molar refractivity (Wildman–Crippen MR) is 52.7 cm³/mol. The molecule has 1 aliphatic rings. The zero-order valence-corrected chi connectivity index (χ0v) is 8.89. The number of rotatable bonds is 3. The maximum Gasteiger partial charge on any atom is 0.102 e. The van der Waals surface area contributed by atoms with E-state index in [9.17, 15) is 5.11 Å². The van der Waals surface area contributed by atoms with Gasteiger partial charge >= 0.3 is 0 Å². The second-order valence-electron chi connectivity index (χ2n) is 5.19. The molecule has 0 aromatic rings. The molecule has 1 atom stereocenters. The first-order valence-electron chi connectivity index (χ1n) is 4.92. The van der Waals surface area contributed by atoms with E-state index >= 15 is 0 Å². The third kappa shape index (κ3) is 4.07. The van der Waals surface area contributed by atoms with Crippen molar-refractivity contribution in [3.63, 3.8) is 0 Å². The zero-order valence-electron chi connectivity index (χ0n) is 8.89. The van der Waals surface area contributed by atoms with Crippen LogP contribution in [-0.2, 0) is 4.74 Å². The zero-order chi connectivity index (χ0) is 9.95. The summed E-state index contributed by atoms with van der Waals surface area (Å²) in [4.78, 5) is 0. The lowest BCUT2D eigenvalue weighted by Crippen LogP contribution is -2.43. The Morgan fingerprint density at radius 2 is 2.15 bits per heavy atom. The minimum Gasteiger partial charge on any atom is -0.386 e. The van der Waals surface area contributed by atoms with Gasteiger partial charge in [0.05, 0.1) is 6.61 Å². The van der Waals surface area contributed by atoms with Gasteiger partial charge in [-0.15, -0.1) is 0 Å². The molecule has 78 valence electrons. The molecule has 0 amide bonds. The summed E-state index contributed by atoms with van der Waals surface area (Å²) >= 11 is 0. The van der Waals surface area contributed by atoms with Crippen molar-refractivity contribution in [1.29, 1.82) is 0 Å². The van der Waals surface area contributed by atoms with Crippen LogP contribution in [0.5, 0.6) is 0 Å². The Bertz CT molecular complexity index is 157. The maximum absolute atomic E-state index is 9.90. The van der Waals surface area contributed by atoms with E-state index < -0.39 is 5.60 Å². The van der Waals surface area contributed by atoms with Crippen molar-refractivity contribution < 1.29 is 9.84 Å². The highest BCUT2D eigenvalue weighted by Crippen LogP contribution is 2.18. The summed E-state index contributed by atoms with van der Waals surface area (Å²) in [7, 11) is 0. The van der Waals surface area contributed by atoms with Crippen LogP contribution in [0, 0.1) is 5.41 Å². The summed E-state index contributed by atoms with van der Waals surface area (Å²) in [5.41, 5.74) is -0.346. The highest BCUT2D eigenvalue weighted by atomic mass is 16.5. The van der Waals surface area contributed by atoms with Crippen molar-refractivity contribution in [3.05, 3.63) is 0 Å². The van der Waals surface area contributed by atoms with Crippen molar-refractivity contribution in [3.8, 4) is 0 Å². The highest BCUT2D eigenvalue weighted by Gasteiger charge is 2.31. The van der Waals surface area contributed by atoms with E-state index in [1.54, 1.807) is 0 Å². The van der Waals surface area contributed by atoms with Gasteiger partial charge in [-0.2, -0.15) is 0 Å². The number of nitrogens with one attached hydrogen (secondary N) is 1. The summed E-state index contributed by atoms with van der Waals surface area (Å²) in [6.45, 7) is 9.26. The lowest BCUT2D eigenvalue weighted by Gasteiger charge is -2.24. The molecular formula is C10H21NO2. The smallest absolute Gasteiger partial charge is 0.102 e. The van der Waals surface area contributed by atoms with Crippen LogP contribution in [0.3, 0.4) is 0 Å². The third-order valence-electron chi connectivity index (χ3n) is 2.19. The first kappa shape index (κ1) is 11.0. The lowest BCUT2D eigenvalue weighted by atomic mass is 9.96. The quantitative estimate of drug-likeness (QED) is 0.686. The van der Waals surface area contributed by atoms with E-state index in [0.717, 1.165) is 13.0 Å². The van der Waals surface area contributed by atoms with Crippen LogP contribution >= 0.6 is 0 Å². The van der Waals surface area contributed by atoms with E-state index in [4.69, 9.17) is 4.74 Å². The standard InChI is InChI=1S/C10H21NO2/c1-9(2,3)6-11-7-10(12)4-5-13-8-10/h11-12H,4-8H2,1-3H3. The van der Waals surface area contributed by atoms with Crippen LogP contribution < -0.4 is 5.32 Å². The van der Waals surface area contributed by atoms with Crippen molar-refractivity contribution in [2.75, 3.05) is 26.3 Å². The summed E-state index contributed by atoms with van der Waals surface area (Å²) < 4.78 is 5.15. The van der Waals surface area contributed by atoms with E-state index in [1.165, 1.54) is 0 Å². The average molecular weight is 187 g/mol. The van der Waals surface area contributed by atoms with Gasteiger partial charge in [-0.1, -0.05) is 20.8 Å². The normalized spacial score (nSPS) is 29.5. The second kappa shape index (κ2) is 3.95. The van der Waals surface area contributed by atoms with Gasteiger partial charge in [0.1, 0.15) is 5.60 Å². The molecule has 0 saturated carbocycles. The average Bonchev–Trinajstić information content (AvgIpc) is 2.33. The first-order valence-corrected chi connectivity index (χ1v) is 4.92. The fraction of sp³-hybridized carbons (Fsp3) is 1.00. The molecule has 0 spiro atoms. The van der Waals surface area contributed by atoms with Crippen molar-refractivity contribution >= 4 is 0 Å². The molecule has 0 radical (unpaired) electrons. The van der Waals surface area contributed by atoms with Gasteiger partial charge in [-0.25, -0.2) is 0 Å². The monoisotopic (exact) mass is 187 g/mol. The molecule has 3 nitrogen and oxygen atoms in total. The van der Waals surface area contributed by atoms with Crippen molar-refractivity contribution in [2.45, 2.75) is 32.8 Å². The van der Waals surface area contributed by atoms with E-state index in [0.29, 0.717) is 19.8 Å². The van der Waals surface area contributed by atoms with Crippen LogP contribution in [0.4, 0.5) is 0 Å². The van der Waals surface area contributed by atoms with Gasteiger partial charge in [0.25, 0.3) is 0 Å². The van der Waals surface area contributed by atoms with Gasteiger partial charge in [0.2, 0.25) is 0 Å². The lowest BCUT2D eigenvalue weighted by molar-refractivity contribution is 0.0256. The van der Waals surface area contributed by atoms with Crippen LogP contribution in [0.25, 0.3) is 0 Å². The Morgan fingerprint density at radius 3 is 2.62 bits per heavy atom. The fourth-order valence-electron chi connectivity index (χ4n) is 1.41. The summed E-state index contributed by atoms with van der Waals surface area (Å²) in [6.07, 6.45) is 0.754. The van der Waals surface area contributed by atoms with Crippen LogP contribution in [-0.4, -0.2) is 37.0 Å². The molecule has 0 bridgehead atoms. The molecule has 0 aliphatic carbocycles. The molecule has 0 aromatic heterocycles. The molecule has 0 aromatic carbocycles. The van der Waals surface area contributed by atoms with Gasteiger partial charge in [-0.05, 0) is 5.41 Å². The Labute approximate surface area is 80.5 Å². The Balaban J connectivity index is 2.18. The number of hydrogen-bond acceptors (Lipinski definition) is 3. The molecule has 1 heterocycles. The minimum absolute atomic E-state index is 0.274. The molecule has 1 aliphatic heterocycles. The summed E-state index contributed by atoms with van der Waals surface area (Å²) in [5, 5.41) is 13.2. The van der Waals surface area contributed by atoms with E-state index in [-0.39, 0.29) is 5.41 Å². The fourth-order valence-corrected chi connectivity index (χ4v) is 1.41. The number of hydrogen-bond donors (Lipinski definition) is 2. The topological polar surface area (TPSA) is 41.5 Å². The number of ether oxygens (including phenoxy) is 1. The van der Waals surface area contributed by atoms with Gasteiger partial charge in [0, 0.05) is 26.1 Å². The van der Waals surface area contributed by atoms with Crippen molar-refractivity contribution in [1.82, 2.24) is 5.32 Å². The highest BCUT2D eigenvalue weighted by molar-refractivity contribution is 4.85. The largest absolute Gasteiger partial charge is 0.386 e. The first-order chi connectivity index (χ1) is 5.91. The minimum atomic E-state index is -0.620. The Morgan fingerprint density at radius 1 is 1.46 bits per heavy atom. The summed E-state index contributed by atoms with van der Waals surface area (Å²) in [6, 6.07) is 0. The molecule has 13 heavy (non-hydrogen) atoms. The maximum atomic E-state index is 9.90. The molecule has 1 unspecified atom stereocenters. The van der Waals surface area contributed by atoms with Crippen LogP contribution in [0.2, 0.25) is 0 Å². The van der Waals surface area contributed by atoms with E-state index in [2.05, 4.69) is 26.1 Å². The molecule has 1 rings (SSSR count). The molecule has 3 heteroatoms. The van der Waals surface area contributed by atoms with Crippen LogP contribution in [0.15, 0.2) is 0 Å². The summed E-state index contributed by atoms with van der Waals surface area (Å²) in [5.74, 6) is 0. The molecule has 2 N–H and O–H groups in total. The second-order valence-corrected chi connectivity index (χ2v) is 5.19. The van der Waals surface area contributed by atoms with Gasteiger partial charge in [0.15, 0.2) is 0 Å². The molecular weight excluding hydrogens is 166 g/mol. The predicted octanol–water partition coefficient (Wildman–Crippen LogP) is 0.773. The Hall–Kier alpha value is -0.120. The Kier molecular flexibility index (Phi) is 3.33. The molecule has 1 fully saturated rings. The number of aliphatic hydroxyl groups is 1. The van der Waals surface area contributed by atoms with Gasteiger partial charge < -0.3 is 15.2 Å². The van der Waals surface area contributed by atoms with E-state index in [1.807, 2.05) is 0 Å². The van der Waals surface area contributed by atoms with Gasteiger partial charge in [-0.3, -0.25) is 0 Å². The van der Waals surface area contributed by atoms with Crippen molar-refractivity contribution in [2.24, 2.45) is 5.41 Å². The third-order valence-corrected chi connectivity index (χ3v) is 2.19. The van der Waals surface area contributed by atoms with Crippen LogP contribution in [0.1, 0.15) is 27.2 Å². The molecule has 1 saturated heterocycles.